The summed E-state index contributed by atoms with van der Waals surface area (Å²) in [5, 5.41) is 0.685. The average molecular weight is 421 g/mol. The zero-order chi connectivity index (χ0) is 21.1. The molecule has 0 amide bonds. The molecule has 3 aromatic rings. The van der Waals surface area contributed by atoms with E-state index >= 15 is 0 Å². The minimum Gasteiger partial charge on any atom is -0.493 e. The SMILES string of the molecule is CCOc1ccccc1/C=C1\Oc2cc(OCc3ccc(Cl)cc3)cc(C)c2C1=O. The first kappa shape index (κ1) is 20.0. The molecule has 1 aliphatic heterocycles. The van der Waals surface area contributed by atoms with Gasteiger partial charge < -0.3 is 14.2 Å². The highest BCUT2D eigenvalue weighted by molar-refractivity contribution is 6.30. The van der Waals surface area contributed by atoms with Gasteiger partial charge in [0, 0.05) is 16.7 Å². The van der Waals surface area contributed by atoms with E-state index in [9.17, 15) is 4.79 Å². The first-order valence-corrected chi connectivity index (χ1v) is 10.1. The van der Waals surface area contributed by atoms with Crippen LogP contribution in [-0.2, 0) is 6.61 Å². The van der Waals surface area contributed by atoms with E-state index in [-0.39, 0.29) is 11.5 Å². The number of rotatable bonds is 6. The Labute approximate surface area is 180 Å². The Morgan fingerprint density at radius 2 is 1.80 bits per heavy atom. The van der Waals surface area contributed by atoms with Gasteiger partial charge in [-0.2, -0.15) is 0 Å². The van der Waals surface area contributed by atoms with Crippen LogP contribution in [0, 0.1) is 6.92 Å². The zero-order valence-electron chi connectivity index (χ0n) is 16.8. The summed E-state index contributed by atoms with van der Waals surface area (Å²) in [7, 11) is 0. The van der Waals surface area contributed by atoms with Crippen molar-refractivity contribution in [2.75, 3.05) is 6.61 Å². The molecule has 0 aromatic heterocycles. The third-order valence-electron chi connectivity index (χ3n) is 4.77. The molecule has 1 aliphatic rings. The molecule has 4 nitrogen and oxygen atoms in total. The quantitative estimate of drug-likeness (QED) is 0.442. The van der Waals surface area contributed by atoms with Gasteiger partial charge in [-0.25, -0.2) is 0 Å². The molecule has 0 saturated heterocycles. The monoisotopic (exact) mass is 420 g/mol. The predicted molar refractivity (Wildman–Crippen MR) is 118 cm³/mol. The molecular formula is C25H21ClO4. The number of hydrogen-bond donors (Lipinski definition) is 0. The van der Waals surface area contributed by atoms with E-state index in [1.807, 2.05) is 68.4 Å². The van der Waals surface area contributed by atoms with Crippen molar-refractivity contribution in [1.29, 1.82) is 0 Å². The van der Waals surface area contributed by atoms with Crippen LogP contribution in [0.3, 0.4) is 0 Å². The lowest BCUT2D eigenvalue weighted by Crippen LogP contribution is -2.01. The van der Waals surface area contributed by atoms with Gasteiger partial charge in [0.2, 0.25) is 5.78 Å². The summed E-state index contributed by atoms with van der Waals surface area (Å²) < 4.78 is 17.5. The van der Waals surface area contributed by atoms with Gasteiger partial charge in [0.05, 0.1) is 12.2 Å². The third-order valence-corrected chi connectivity index (χ3v) is 5.02. The molecule has 152 valence electrons. The van der Waals surface area contributed by atoms with Gasteiger partial charge in [-0.15, -0.1) is 0 Å². The fourth-order valence-corrected chi connectivity index (χ4v) is 3.46. The Kier molecular flexibility index (Phi) is 5.77. The molecule has 0 bridgehead atoms. The van der Waals surface area contributed by atoms with Crippen LogP contribution in [0.15, 0.2) is 66.4 Å². The molecule has 5 heteroatoms. The summed E-state index contributed by atoms with van der Waals surface area (Å²) in [5.41, 5.74) is 3.18. The number of halogens is 1. The number of hydrogen-bond acceptors (Lipinski definition) is 4. The van der Waals surface area contributed by atoms with Crippen molar-refractivity contribution in [3.05, 3.63) is 93.7 Å². The molecule has 0 radical (unpaired) electrons. The van der Waals surface area contributed by atoms with Crippen LogP contribution < -0.4 is 14.2 Å². The van der Waals surface area contributed by atoms with E-state index in [1.54, 1.807) is 12.1 Å². The number of benzene rings is 3. The normalized spacial score (nSPS) is 13.8. The van der Waals surface area contributed by atoms with Crippen molar-refractivity contribution in [3.63, 3.8) is 0 Å². The lowest BCUT2D eigenvalue weighted by atomic mass is 10.0. The van der Waals surface area contributed by atoms with Gasteiger partial charge in [-0.3, -0.25) is 4.79 Å². The van der Waals surface area contributed by atoms with Gasteiger partial charge in [0.15, 0.2) is 5.76 Å². The maximum absolute atomic E-state index is 12.9. The average Bonchev–Trinajstić information content (AvgIpc) is 3.05. The second-order valence-corrected chi connectivity index (χ2v) is 7.38. The Balaban J connectivity index is 1.57. The molecule has 0 aliphatic carbocycles. The number of carbonyl (C=O) groups is 1. The Morgan fingerprint density at radius 3 is 2.57 bits per heavy atom. The summed E-state index contributed by atoms with van der Waals surface area (Å²) in [6.07, 6.45) is 1.72. The maximum atomic E-state index is 12.9. The molecule has 0 spiro atoms. The standard InChI is InChI=1S/C25H21ClO4/c1-3-28-21-7-5-4-6-18(21)13-23-25(27)24-16(2)12-20(14-22(24)30-23)29-15-17-8-10-19(26)11-9-17/h4-14H,3,15H2,1-2H3/b23-13-. The van der Waals surface area contributed by atoms with E-state index in [2.05, 4.69) is 0 Å². The second kappa shape index (κ2) is 8.64. The number of aryl methyl sites for hydroxylation is 1. The lowest BCUT2D eigenvalue weighted by molar-refractivity contribution is 0.101. The van der Waals surface area contributed by atoms with E-state index < -0.39 is 0 Å². The number of ketones is 1. The molecule has 0 unspecified atom stereocenters. The molecule has 0 fully saturated rings. The summed E-state index contributed by atoms with van der Waals surface area (Å²) in [6, 6.07) is 18.7. The van der Waals surface area contributed by atoms with Crippen LogP contribution in [0.4, 0.5) is 0 Å². The molecule has 4 rings (SSSR count). The minimum atomic E-state index is -0.141. The number of para-hydroxylation sites is 1. The molecule has 30 heavy (non-hydrogen) atoms. The second-order valence-electron chi connectivity index (χ2n) is 6.94. The summed E-state index contributed by atoms with van der Waals surface area (Å²) in [5.74, 6) is 1.99. The number of carbonyl (C=O) groups excluding carboxylic acids is 1. The number of fused-ring (bicyclic) bond motifs is 1. The molecular weight excluding hydrogens is 400 g/mol. The largest absolute Gasteiger partial charge is 0.493 e. The van der Waals surface area contributed by atoms with Crippen LogP contribution in [-0.4, -0.2) is 12.4 Å². The van der Waals surface area contributed by atoms with Crippen LogP contribution >= 0.6 is 11.6 Å². The van der Waals surface area contributed by atoms with Crippen LogP contribution in [0.25, 0.3) is 6.08 Å². The van der Waals surface area contributed by atoms with Gasteiger partial charge >= 0.3 is 0 Å². The highest BCUT2D eigenvalue weighted by Crippen LogP contribution is 2.38. The van der Waals surface area contributed by atoms with E-state index in [1.165, 1.54) is 0 Å². The van der Waals surface area contributed by atoms with Crippen LogP contribution in [0.5, 0.6) is 17.2 Å². The zero-order valence-corrected chi connectivity index (χ0v) is 17.5. The minimum absolute atomic E-state index is 0.141. The van der Waals surface area contributed by atoms with E-state index in [0.29, 0.717) is 41.0 Å². The van der Waals surface area contributed by atoms with Gasteiger partial charge in [-0.1, -0.05) is 41.9 Å². The summed E-state index contributed by atoms with van der Waals surface area (Å²) >= 11 is 5.92. The van der Waals surface area contributed by atoms with Crippen LogP contribution in [0.2, 0.25) is 5.02 Å². The molecule has 0 saturated carbocycles. The molecule has 0 atom stereocenters. The number of allylic oxidation sites excluding steroid dienone is 1. The first-order valence-electron chi connectivity index (χ1n) is 9.73. The fraction of sp³-hybridized carbons (Fsp3) is 0.160. The van der Waals surface area contributed by atoms with Crippen molar-refractivity contribution < 1.29 is 19.0 Å². The molecule has 0 N–H and O–H groups in total. The van der Waals surface area contributed by atoms with Crippen molar-refractivity contribution in [2.45, 2.75) is 20.5 Å². The van der Waals surface area contributed by atoms with E-state index in [4.69, 9.17) is 25.8 Å². The topological polar surface area (TPSA) is 44.8 Å². The summed E-state index contributed by atoms with van der Waals surface area (Å²) in [4.78, 5) is 12.9. The van der Waals surface area contributed by atoms with Crippen LogP contribution in [0.1, 0.15) is 34.0 Å². The highest BCUT2D eigenvalue weighted by atomic mass is 35.5. The first-order chi connectivity index (χ1) is 14.5. The summed E-state index contributed by atoms with van der Waals surface area (Å²) in [6.45, 7) is 4.74. The van der Waals surface area contributed by atoms with Crippen molar-refractivity contribution in [1.82, 2.24) is 0 Å². The lowest BCUT2D eigenvalue weighted by Gasteiger charge is -2.09. The molecule has 3 aromatic carbocycles. The molecule has 1 heterocycles. The van der Waals surface area contributed by atoms with Gasteiger partial charge in [0.1, 0.15) is 23.9 Å². The Hall–Kier alpha value is -3.24. The van der Waals surface area contributed by atoms with Gasteiger partial charge in [-0.05, 0) is 55.3 Å². The maximum Gasteiger partial charge on any atom is 0.232 e. The smallest absolute Gasteiger partial charge is 0.232 e. The van der Waals surface area contributed by atoms with Crippen molar-refractivity contribution in [2.24, 2.45) is 0 Å². The third kappa shape index (κ3) is 4.19. The van der Waals surface area contributed by atoms with Crippen molar-refractivity contribution >= 4 is 23.5 Å². The van der Waals surface area contributed by atoms with E-state index in [0.717, 1.165) is 16.7 Å². The number of Topliss-reactive ketones (excluding diaryl/α,β-unsaturated/α-hetero) is 1. The Morgan fingerprint density at radius 1 is 1.03 bits per heavy atom. The number of ether oxygens (including phenoxy) is 3. The van der Waals surface area contributed by atoms with Gasteiger partial charge in [0.25, 0.3) is 0 Å². The highest BCUT2D eigenvalue weighted by Gasteiger charge is 2.30. The predicted octanol–water partition coefficient (Wildman–Crippen LogP) is 6.24. The van der Waals surface area contributed by atoms with Crippen molar-refractivity contribution in [3.8, 4) is 17.2 Å². The Bertz CT molecular complexity index is 1120. The fourth-order valence-electron chi connectivity index (χ4n) is 3.34.